The minimum Gasteiger partial charge on any atom is -0.333 e. The zero-order chi connectivity index (χ0) is 20.7. The van der Waals surface area contributed by atoms with Crippen molar-refractivity contribution in [3.63, 3.8) is 0 Å². The van der Waals surface area contributed by atoms with Crippen LogP contribution in [0.25, 0.3) is 0 Å². The zero-order valence-electron chi connectivity index (χ0n) is 14.9. The second-order valence-electron chi connectivity index (χ2n) is 5.72. The fraction of sp³-hybridized carbons (Fsp3) is 0.263. The first-order valence-electron chi connectivity index (χ1n) is 8.33. The van der Waals surface area contributed by atoms with Crippen LogP contribution in [-0.2, 0) is 15.8 Å². The van der Waals surface area contributed by atoms with E-state index in [0.717, 1.165) is 11.0 Å². The standard InChI is InChI=1S/C19H18ClF3N2O2S/c1-2-25(18(27)12-28-16-10-6-4-8-14(16)20)11-17(26)24-15-9-5-3-7-13(15)19(21,22)23/h3-10H,2,11-12H2,1H3,(H,24,26). The molecule has 0 unspecified atom stereocenters. The van der Waals surface area contributed by atoms with Crippen LogP contribution in [0.1, 0.15) is 12.5 Å². The number of alkyl halides is 3. The summed E-state index contributed by atoms with van der Waals surface area (Å²) in [4.78, 5) is 26.6. The first-order valence-corrected chi connectivity index (χ1v) is 9.70. The van der Waals surface area contributed by atoms with Gasteiger partial charge in [-0.15, -0.1) is 11.8 Å². The number of carbonyl (C=O) groups excluding carboxylic acids is 2. The summed E-state index contributed by atoms with van der Waals surface area (Å²) >= 11 is 7.28. The predicted octanol–water partition coefficient (Wildman–Crippen LogP) is 4.94. The van der Waals surface area contributed by atoms with Crippen molar-refractivity contribution in [2.45, 2.75) is 18.0 Å². The summed E-state index contributed by atoms with van der Waals surface area (Å²) in [5, 5.41) is 2.76. The van der Waals surface area contributed by atoms with Crippen molar-refractivity contribution in [2.75, 3.05) is 24.2 Å². The van der Waals surface area contributed by atoms with Gasteiger partial charge in [0.2, 0.25) is 11.8 Å². The minimum absolute atomic E-state index is 0.0595. The number of nitrogens with one attached hydrogen (secondary N) is 1. The minimum atomic E-state index is -4.59. The molecule has 0 fully saturated rings. The molecule has 0 aliphatic rings. The molecule has 0 spiro atoms. The normalized spacial score (nSPS) is 11.2. The van der Waals surface area contributed by atoms with Gasteiger partial charge in [-0.2, -0.15) is 13.2 Å². The maximum absolute atomic E-state index is 13.0. The van der Waals surface area contributed by atoms with Crippen LogP contribution in [0.3, 0.4) is 0 Å². The lowest BCUT2D eigenvalue weighted by molar-refractivity contribution is -0.137. The van der Waals surface area contributed by atoms with Crippen LogP contribution in [0.15, 0.2) is 53.4 Å². The van der Waals surface area contributed by atoms with Gasteiger partial charge in [0.05, 0.1) is 28.6 Å². The number of thioether (sulfide) groups is 1. The van der Waals surface area contributed by atoms with E-state index in [2.05, 4.69) is 5.32 Å². The van der Waals surface area contributed by atoms with E-state index in [0.29, 0.717) is 5.02 Å². The number of para-hydroxylation sites is 1. The molecule has 0 saturated heterocycles. The molecule has 0 atom stereocenters. The Morgan fingerprint density at radius 3 is 2.39 bits per heavy atom. The van der Waals surface area contributed by atoms with E-state index in [1.807, 2.05) is 0 Å². The number of benzene rings is 2. The third-order valence-electron chi connectivity index (χ3n) is 3.76. The Morgan fingerprint density at radius 2 is 1.75 bits per heavy atom. The number of hydrogen-bond donors (Lipinski definition) is 1. The lowest BCUT2D eigenvalue weighted by Gasteiger charge is -2.21. The van der Waals surface area contributed by atoms with Crippen molar-refractivity contribution in [3.05, 3.63) is 59.1 Å². The van der Waals surface area contributed by atoms with Gasteiger partial charge in [-0.05, 0) is 31.2 Å². The van der Waals surface area contributed by atoms with Gasteiger partial charge in [0.1, 0.15) is 0 Å². The zero-order valence-corrected chi connectivity index (χ0v) is 16.5. The molecule has 4 nitrogen and oxygen atoms in total. The number of hydrogen-bond acceptors (Lipinski definition) is 3. The molecule has 0 saturated carbocycles. The summed E-state index contributed by atoms with van der Waals surface area (Å²) in [6.07, 6.45) is -4.59. The van der Waals surface area contributed by atoms with Gasteiger partial charge in [-0.1, -0.05) is 35.9 Å². The average Bonchev–Trinajstić information content (AvgIpc) is 2.64. The van der Waals surface area contributed by atoms with Crippen molar-refractivity contribution in [2.24, 2.45) is 0 Å². The van der Waals surface area contributed by atoms with Crippen LogP contribution in [0.4, 0.5) is 18.9 Å². The third kappa shape index (κ3) is 6.17. The summed E-state index contributed by atoms with van der Waals surface area (Å²) < 4.78 is 39.1. The maximum atomic E-state index is 13.0. The molecule has 2 rings (SSSR count). The molecule has 28 heavy (non-hydrogen) atoms. The second kappa shape index (κ2) is 9.84. The number of rotatable bonds is 7. The Balaban J connectivity index is 1.98. The fourth-order valence-corrected chi connectivity index (χ4v) is 3.51. The number of carbonyl (C=O) groups is 2. The topological polar surface area (TPSA) is 49.4 Å². The highest BCUT2D eigenvalue weighted by molar-refractivity contribution is 8.00. The van der Waals surface area contributed by atoms with Gasteiger partial charge >= 0.3 is 6.18 Å². The molecule has 9 heteroatoms. The number of anilines is 1. The van der Waals surface area contributed by atoms with Gasteiger partial charge in [-0.25, -0.2) is 0 Å². The van der Waals surface area contributed by atoms with Gasteiger partial charge in [0.15, 0.2) is 0 Å². The summed E-state index contributed by atoms with van der Waals surface area (Å²) in [5.41, 5.74) is -1.28. The molecule has 2 aromatic rings. The molecule has 0 bridgehead atoms. The van der Waals surface area contributed by atoms with Crippen molar-refractivity contribution in [1.29, 1.82) is 0 Å². The SMILES string of the molecule is CCN(CC(=O)Nc1ccccc1C(F)(F)F)C(=O)CSc1ccccc1Cl. The lowest BCUT2D eigenvalue weighted by Crippen LogP contribution is -2.39. The summed E-state index contributed by atoms with van der Waals surface area (Å²) in [6, 6.07) is 11.7. The van der Waals surface area contributed by atoms with Crippen LogP contribution in [0.2, 0.25) is 5.02 Å². The van der Waals surface area contributed by atoms with Crippen molar-refractivity contribution in [1.82, 2.24) is 4.90 Å². The molecule has 0 aliphatic heterocycles. The smallest absolute Gasteiger partial charge is 0.333 e. The second-order valence-corrected chi connectivity index (χ2v) is 7.14. The quantitative estimate of drug-likeness (QED) is 0.633. The van der Waals surface area contributed by atoms with Crippen LogP contribution < -0.4 is 5.32 Å². The molecular formula is C19H18ClF3N2O2S. The highest BCUT2D eigenvalue weighted by Crippen LogP contribution is 2.34. The Labute approximate surface area is 170 Å². The fourth-order valence-electron chi connectivity index (χ4n) is 2.37. The Kier molecular flexibility index (Phi) is 7.77. The third-order valence-corrected chi connectivity index (χ3v) is 5.26. The van der Waals surface area contributed by atoms with E-state index < -0.39 is 17.6 Å². The van der Waals surface area contributed by atoms with Crippen molar-refractivity contribution < 1.29 is 22.8 Å². The van der Waals surface area contributed by atoms with E-state index in [1.54, 1.807) is 31.2 Å². The first kappa shape index (κ1) is 22.1. The van der Waals surface area contributed by atoms with E-state index in [4.69, 9.17) is 11.6 Å². The highest BCUT2D eigenvalue weighted by Gasteiger charge is 2.33. The van der Waals surface area contributed by atoms with E-state index in [-0.39, 0.29) is 30.4 Å². The monoisotopic (exact) mass is 430 g/mol. The molecule has 0 aliphatic carbocycles. The average molecular weight is 431 g/mol. The molecule has 2 amide bonds. The van der Waals surface area contributed by atoms with Crippen molar-refractivity contribution >= 4 is 40.9 Å². The molecule has 1 N–H and O–H groups in total. The molecular weight excluding hydrogens is 413 g/mol. The molecule has 0 aromatic heterocycles. The highest BCUT2D eigenvalue weighted by atomic mass is 35.5. The molecule has 150 valence electrons. The first-order chi connectivity index (χ1) is 13.2. The van der Waals surface area contributed by atoms with Crippen molar-refractivity contribution in [3.8, 4) is 0 Å². The maximum Gasteiger partial charge on any atom is 0.418 e. The lowest BCUT2D eigenvalue weighted by atomic mass is 10.1. The largest absolute Gasteiger partial charge is 0.418 e. The van der Waals surface area contributed by atoms with E-state index >= 15 is 0 Å². The predicted molar refractivity (Wildman–Crippen MR) is 105 cm³/mol. The van der Waals surface area contributed by atoms with Gasteiger partial charge < -0.3 is 10.2 Å². The molecule has 0 radical (unpaired) electrons. The summed E-state index contributed by atoms with van der Waals surface area (Å²) in [6.45, 7) is 1.59. The van der Waals surface area contributed by atoms with Crippen LogP contribution >= 0.6 is 23.4 Å². The Morgan fingerprint density at radius 1 is 1.11 bits per heavy atom. The summed E-state index contributed by atoms with van der Waals surface area (Å²) in [7, 11) is 0. The van der Waals surface area contributed by atoms with Gasteiger partial charge in [-0.3, -0.25) is 9.59 Å². The summed E-state index contributed by atoms with van der Waals surface area (Å²) in [5.74, 6) is -0.953. The number of amides is 2. The van der Waals surface area contributed by atoms with Crippen LogP contribution in [0.5, 0.6) is 0 Å². The number of likely N-dealkylation sites (N-methyl/N-ethyl adjacent to an activating group) is 1. The molecule has 2 aromatic carbocycles. The van der Waals surface area contributed by atoms with Gasteiger partial charge in [0.25, 0.3) is 0 Å². The number of nitrogens with zero attached hydrogens (tertiary/aromatic N) is 1. The number of halogens is 4. The molecule has 0 heterocycles. The van der Waals surface area contributed by atoms with Gasteiger partial charge in [0, 0.05) is 11.4 Å². The Hall–Kier alpha value is -2.19. The van der Waals surface area contributed by atoms with Crippen LogP contribution in [0, 0.1) is 0 Å². The van der Waals surface area contributed by atoms with E-state index in [1.165, 1.54) is 34.9 Å². The van der Waals surface area contributed by atoms with E-state index in [9.17, 15) is 22.8 Å². The van der Waals surface area contributed by atoms with Crippen LogP contribution in [-0.4, -0.2) is 35.6 Å². The Bertz CT molecular complexity index is 846.